The van der Waals surface area contributed by atoms with Gasteiger partial charge in [0.05, 0.1) is 17.8 Å². The Bertz CT molecular complexity index is 528. The molecule has 0 fully saturated rings. The lowest BCUT2D eigenvalue weighted by Crippen LogP contribution is -2.36. The van der Waals surface area contributed by atoms with E-state index in [9.17, 15) is 0 Å². The predicted octanol–water partition coefficient (Wildman–Crippen LogP) is 2.52. The van der Waals surface area contributed by atoms with Crippen molar-refractivity contribution in [3.8, 4) is 0 Å². The van der Waals surface area contributed by atoms with Gasteiger partial charge in [-0.1, -0.05) is 25.1 Å². The molecule has 0 radical (unpaired) electrons. The number of rotatable bonds is 8. The van der Waals surface area contributed by atoms with E-state index in [1.54, 1.807) is 0 Å². The topological polar surface area (TPSA) is 39.1 Å². The van der Waals surface area contributed by atoms with Crippen LogP contribution >= 0.6 is 0 Å². The van der Waals surface area contributed by atoms with Crippen molar-refractivity contribution in [2.75, 3.05) is 19.8 Å². The highest BCUT2D eigenvalue weighted by Crippen LogP contribution is 2.18. The third kappa shape index (κ3) is 3.58. The molecule has 110 valence electrons. The minimum atomic E-state index is 0.327. The molecule has 0 saturated heterocycles. The van der Waals surface area contributed by atoms with E-state index >= 15 is 0 Å². The molecule has 0 aliphatic heterocycles. The lowest BCUT2D eigenvalue weighted by Gasteiger charge is -2.17. The third-order valence-corrected chi connectivity index (χ3v) is 3.48. The van der Waals surface area contributed by atoms with E-state index in [0.717, 1.165) is 38.3 Å². The van der Waals surface area contributed by atoms with Crippen LogP contribution in [0, 0.1) is 0 Å². The van der Waals surface area contributed by atoms with Gasteiger partial charge in [0.1, 0.15) is 0 Å². The van der Waals surface area contributed by atoms with Gasteiger partial charge in [0.15, 0.2) is 0 Å². The standard InChI is InChI=1S/C16H25N3O/c1-4-10-17-13(12-20-5-2)11-15-14-8-6-7-9-16(14)19(3)18-15/h6-9,13,17H,4-5,10-12H2,1-3H3. The maximum atomic E-state index is 5.59. The van der Waals surface area contributed by atoms with Crippen molar-refractivity contribution in [3.63, 3.8) is 0 Å². The van der Waals surface area contributed by atoms with Crippen molar-refractivity contribution in [1.82, 2.24) is 15.1 Å². The zero-order valence-corrected chi connectivity index (χ0v) is 12.7. The number of hydrogen-bond acceptors (Lipinski definition) is 3. The van der Waals surface area contributed by atoms with Gasteiger partial charge in [-0.2, -0.15) is 5.10 Å². The molecule has 2 aromatic rings. The molecule has 0 spiro atoms. The molecule has 4 heteroatoms. The fraction of sp³-hybridized carbons (Fsp3) is 0.562. The molecule has 1 atom stereocenters. The molecule has 1 aromatic carbocycles. The normalized spacial score (nSPS) is 12.9. The molecule has 1 aromatic heterocycles. The first-order valence-electron chi connectivity index (χ1n) is 7.48. The van der Waals surface area contributed by atoms with E-state index in [2.05, 4.69) is 41.6 Å². The van der Waals surface area contributed by atoms with E-state index in [0.29, 0.717) is 6.04 Å². The van der Waals surface area contributed by atoms with Crippen LogP contribution in [-0.2, 0) is 18.2 Å². The van der Waals surface area contributed by atoms with Gasteiger partial charge < -0.3 is 10.1 Å². The number of fused-ring (bicyclic) bond motifs is 1. The Morgan fingerprint density at radius 3 is 2.85 bits per heavy atom. The molecule has 1 heterocycles. The Hall–Kier alpha value is -1.39. The van der Waals surface area contributed by atoms with E-state index < -0.39 is 0 Å². The van der Waals surface area contributed by atoms with E-state index in [-0.39, 0.29) is 0 Å². The molecule has 20 heavy (non-hydrogen) atoms. The monoisotopic (exact) mass is 275 g/mol. The van der Waals surface area contributed by atoms with Crippen LogP contribution in [0.4, 0.5) is 0 Å². The van der Waals surface area contributed by atoms with Gasteiger partial charge in [0, 0.05) is 31.5 Å². The van der Waals surface area contributed by atoms with Gasteiger partial charge >= 0.3 is 0 Å². The Morgan fingerprint density at radius 1 is 1.30 bits per heavy atom. The summed E-state index contributed by atoms with van der Waals surface area (Å²) >= 11 is 0. The summed E-state index contributed by atoms with van der Waals surface area (Å²) in [5.41, 5.74) is 2.34. The number of nitrogens with zero attached hydrogens (tertiary/aromatic N) is 2. The largest absolute Gasteiger partial charge is 0.380 e. The van der Waals surface area contributed by atoms with Gasteiger partial charge in [-0.05, 0) is 26.0 Å². The van der Waals surface area contributed by atoms with Gasteiger partial charge in [0.2, 0.25) is 0 Å². The van der Waals surface area contributed by atoms with Gasteiger partial charge in [-0.15, -0.1) is 0 Å². The van der Waals surface area contributed by atoms with E-state index in [4.69, 9.17) is 4.74 Å². The minimum Gasteiger partial charge on any atom is -0.380 e. The molecule has 4 nitrogen and oxygen atoms in total. The molecule has 0 aliphatic rings. The summed E-state index contributed by atoms with van der Waals surface area (Å²) in [5, 5.41) is 9.46. The highest BCUT2D eigenvalue weighted by atomic mass is 16.5. The first-order valence-corrected chi connectivity index (χ1v) is 7.48. The molecule has 2 rings (SSSR count). The lowest BCUT2D eigenvalue weighted by molar-refractivity contribution is 0.122. The fourth-order valence-electron chi connectivity index (χ4n) is 2.47. The van der Waals surface area contributed by atoms with Crippen molar-refractivity contribution in [2.24, 2.45) is 7.05 Å². The Balaban J connectivity index is 2.14. The van der Waals surface area contributed by atoms with Gasteiger partial charge in [0.25, 0.3) is 0 Å². The van der Waals surface area contributed by atoms with Crippen molar-refractivity contribution in [2.45, 2.75) is 32.7 Å². The summed E-state index contributed by atoms with van der Waals surface area (Å²) in [6.07, 6.45) is 2.03. The zero-order chi connectivity index (χ0) is 14.4. The SMILES string of the molecule is CCCNC(COCC)Cc1nn(C)c2ccccc12. The molecular formula is C16H25N3O. The number of benzene rings is 1. The van der Waals surface area contributed by atoms with Crippen LogP contribution in [0.1, 0.15) is 26.0 Å². The van der Waals surface area contributed by atoms with Crippen LogP contribution in [-0.4, -0.2) is 35.6 Å². The highest BCUT2D eigenvalue weighted by molar-refractivity contribution is 5.81. The number of hydrogen-bond donors (Lipinski definition) is 1. The van der Waals surface area contributed by atoms with E-state index in [1.807, 2.05) is 18.7 Å². The summed E-state index contributed by atoms with van der Waals surface area (Å²) in [4.78, 5) is 0. The second kappa shape index (κ2) is 7.41. The lowest BCUT2D eigenvalue weighted by atomic mass is 10.1. The van der Waals surface area contributed by atoms with Crippen LogP contribution in [0.5, 0.6) is 0 Å². The summed E-state index contributed by atoms with van der Waals surface area (Å²) in [6.45, 7) is 6.73. The second-order valence-electron chi connectivity index (χ2n) is 5.10. The Morgan fingerprint density at radius 2 is 2.10 bits per heavy atom. The molecule has 0 saturated carbocycles. The van der Waals surface area contributed by atoms with Crippen molar-refractivity contribution in [1.29, 1.82) is 0 Å². The first kappa shape index (κ1) is 15.0. The average molecular weight is 275 g/mol. The number of aromatic nitrogens is 2. The molecule has 1 N–H and O–H groups in total. The number of aryl methyl sites for hydroxylation is 1. The highest BCUT2D eigenvalue weighted by Gasteiger charge is 2.14. The summed E-state index contributed by atoms with van der Waals surface area (Å²) < 4.78 is 7.55. The van der Waals surface area contributed by atoms with Crippen LogP contribution in [0.15, 0.2) is 24.3 Å². The van der Waals surface area contributed by atoms with Gasteiger partial charge in [-0.3, -0.25) is 4.68 Å². The number of nitrogens with one attached hydrogen (secondary N) is 1. The van der Waals surface area contributed by atoms with Crippen LogP contribution < -0.4 is 5.32 Å². The summed E-state index contributed by atoms with van der Waals surface area (Å²) in [5.74, 6) is 0. The molecular weight excluding hydrogens is 250 g/mol. The van der Waals surface area contributed by atoms with Crippen LogP contribution in [0.25, 0.3) is 10.9 Å². The molecule has 0 bridgehead atoms. The van der Waals surface area contributed by atoms with Crippen molar-refractivity contribution >= 4 is 10.9 Å². The molecule has 0 amide bonds. The average Bonchev–Trinajstić information content (AvgIpc) is 2.79. The summed E-state index contributed by atoms with van der Waals surface area (Å²) in [6, 6.07) is 8.72. The van der Waals surface area contributed by atoms with Crippen LogP contribution in [0.3, 0.4) is 0 Å². The zero-order valence-electron chi connectivity index (χ0n) is 12.7. The van der Waals surface area contributed by atoms with Crippen molar-refractivity contribution in [3.05, 3.63) is 30.0 Å². The van der Waals surface area contributed by atoms with Gasteiger partial charge in [-0.25, -0.2) is 0 Å². The third-order valence-electron chi connectivity index (χ3n) is 3.48. The number of para-hydroxylation sites is 1. The molecule has 1 unspecified atom stereocenters. The summed E-state index contributed by atoms with van der Waals surface area (Å²) in [7, 11) is 2.00. The fourth-order valence-corrected chi connectivity index (χ4v) is 2.47. The van der Waals surface area contributed by atoms with Crippen molar-refractivity contribution < 1.29 is 4.74 Å². The quantitative estimate of drug-likeness (QED) is 0.804. The minimum absolute atomic E-state index is 0.327. The first-order chi connectivity index (χ1) is 9.76. The molecule has 0 aliphatic carbocycles. The van der Waals surface area contributed by atoms with E-state index in [1.165, 1.54) is 10.9 Å². The predicted molar refractivity (Wildman–Crippen MR) is 83.0 cm³/mol. The smallest absolute Gasteiger partial charge is 0.0719 e. The number of ether oxygens (including phenoxy) is 1. The van der Waals surface area contributed by atoms with Crippen LogP contribution in [0.2, 0.25) is 0 Å². The maximum absolute atomic E-state index is 5.59. The Labute approximate surface area is 121 Å². The Kier molecular flexibility index (Phi) is 5.56. The second-order valence-corrected chi connectivity index (χ2v) is 5.10. The maximum Gasteiger partial charge on any atom is 0.0719 e.